The highest BCUT2D eigenvalue weighted by molar-refractivity contribution is 6.16. The van der Waals surface area contributed by atoms with Gasteiger partial charge >= 0.3 is 0 Å². The van der Waals surface area contributed by atoms with E-state index in [1.54, 1.807) is 14.2 Å². The molecule has 1 aromatic carbocycles. The molecule has 2 aromatic rings. The van der Waals surface area contributed by atoms with Gasteiger partial charge in [0.2, 0.25) is 0 Å². The maximum atomic E-state index is 6.01. The lowest BCUT2D eigenvalue weighted by Gasteiger charge is -2.16. The van der Waals surface area contributed by atoms with E-state index in [4.69, 9.17) is 21.1 Å². The molecule has 4 nitrogen and oxygen atoms in total. The molecule has 0 saturated carbocycles. The Morgan fingerprint density at radius 2 is 2.16 bits per heavy atom. The summed E-state index contributed by atoms with van der Waals surface area (Å²) < 4.78 is 12.6. The van der Waals surface area contributed by atoms with Gasteiger partial charge in [0, 0.05) is 25.8 Å². The van der Waals surface area contributed by atoms with Crippen molar-refractivity contribution in [2.75, 3.05) is 20.8 Å². The van der Waals surface area contributed by atoms with Gasteiger partial charge in [0.15, 0.2) is 0 Å². The third kappa shape index (κ3) is 2.85. The zero-order chi connectivity index (χ0) is 13.8. The molecule has 0 aliphatic rings. The molecular formula is C14H19ClN2O2. The lowest BCUT2D eigenvalue weighted by atomic mass is 10.2. The topological polar surface area (TPSA) is 36.3 Å². The number of fused-ring (bicyclic) bond motifs is 1. The van der Waals surface area contributed by atoms with Crippen LogP contribution in [0, 0.1) is 0 Å². The van der Waals surface area contributed by atoms with Crippen molar-refractivity contribution in [2.24, 2.45) is 0 Å². The monoisotopic (exact) mass is 282 g/mol. The highest BCUT2D eigenvalue weighted by Gasteiger charge is 2.15. The first kappa shape index (κ1) is 14.2. The summed E-state index contributed by atoms with van der Waals surface area (Å²) in [6.07, 6.45) is 0.928. The van der Waals surface area contributed by atoms with Crippen LogP contribution in [0.1, 0.15) is 25.2 Å². The van der Waals surface area contributed by atoms with Gasteiger partial charge in [-0.3, -0.25) is 0 Å². The van der Waals surface area contributed by atoms with Crippen LogP contribution >= 0.6 is 11.6 Å². The quantitative estimate of drug-likeness (QED) is 0.762. The predicted octanol–water partition coefficient (Wildman–Crippen LogP) is 3.38. The van der Waals surface area contributed by atoms with E-state index in [0.29, 0.717) is 11.9 Å². The maximum absolute atomic E-state index is 6.01. The van der Waals surface area contributed by atoms with E-state index in [2.05, 4.69) is 16.5 Å². The second kappa shape index (κ2) is 6.26. The molecule has 19 heavy (non-hydrogen) atoms. The molecule has 0 bridgehead atoms. The first-order valence-electron chi connectivity index (χ1n) is 6.31. The molecule has 5 heteroatoms. The summed E-state index contributed by atoms with van der Waals surface area (Å²) in [5.41, 5.74) is 2.00. The van der Waals surface area contributed by atoms with Gasteiger partial charge in [-0.2, -0.15) is 0 Å². The second-order valence-corrected chi connectivity index (χ2v) is 4.78. The maximum Gasteiger partial charge on any atom is 0.125 e. The normalized spacial score (nSPS) is 12.8. The SMILES string of the molecule is COCCC(C)n1c(CCl)nc2cc(OC)ccc21. The molecule has 2 rings (SSSR count). The Morgan fingerprint density at radius 1 is 1.37 bits per heavy atom. The number of halogens is 1. The third-order valence-corrected chi connectivity index (χ3v) is 3.51. The fraction of sp³-hybridized carbons (Fsp3) is 0.500. The van der Waals surface area contributed by atoms with Crippen LogP contribution in [0.4, 0.5) is 0 Å². The molecule has 1 heterocycles. The van der Waals surface area contributed by atoms with Crippen LogP contribution in [0.5, 0.6) is 5.75 Å². The molecular weight excluding hydrogens is 264 g/mol. The minimum atomic E-state index is 0.298. The number of hydrogen-bond acceptors (Lipinski definition) is 3. The Bertz CT molecular complexity index is 554. The highest BCUT2D eigenvalue weighted by Crippen LogP contribution is 2.27. The number of benzene rings is 1. The van der Waals surface area contributed by atoms with Crippen molar-refractivity contribution in [3.63, 3.8) is 0 Å². The van der Waals surface area contributed by atoms with Crippen molar-refractivity contribution in [1.29, 1.82) is 0 Å². The minimum absolute atomic E-state index is 0.298. The summed E-state index contributed by atoms with van der Waals surface area (Å²) in [5, 5.41) is 0. The zero-order valence-electron chi connectivity index (χ0n) is 11.5. The Hall–Kier alpha value is -1.26. The summed E-state index contributed by atoms with van der Waals surface area (Å²) >= 11 is 6.01. The number of nitrogens with zero attached hydrogens (tertiary/aromatic N) is 2. The van der Waals surface area contributed by atoms with Crippen molar-refractivity contribution in [1.82, 2.24) is 9.55 Å². The molecule has 1 aromatic heterocycles. The zero-order valence-corrected chi connectivity index (χ0v) is 12.3. The largest absolute Gasteiger partial charge is 0.497 e. The first-order valence-corrected chi connectivity index (χ1v) is 6.84. The number of aromatic nitrogens is 2. The van der Waals surface area contributed by atoms with E-state index < -0.39 is 0 Å². The molecule has 0 amide bonds. The van der Waals surface area contributed by atoms with Crippen LogP contribution in [-0.4, -0.2) is 30.4 Å². The van der Waals surface area contributed by atoms with Gasteiger partial charge < -0.3 is 14.0 Å². The molecule has 0 radical (unpaired) electrons. The molecule has 0 aliphatic carbocycles. The number of rotatable bonds is 6. The average Bonchev–Trinajstić information content (AvgIpc) is 2.81. The summed E-state index contributed by atoms with van der Waals surface area (Å²) in [6, 6.07) is 6.21. The third-order valence-electron chi connectivity index (χ3n) is 3.27. The summed E-state index contributed by atoms with van der Waals surface area (Å²) in [5.74, 6) is 2.09. The second-order valence-electron chi connectivity index (χ2n) is 4.52. The molecule has 104 valence electrons. The Balaban J connectivity index is 2.45. The molecule has 0 fully saturated rings. The van der Waals surface area contributed by atoms with Gasteiger partial charge in [0.05, 0.1) is 24.0 Å². The highest BCUT2D eigenvalue weighted by atomic mass is 35.5. The van der Waals surface area contributed by atoms with E-state index in [1.807, 2.05) is 18.2 Å². The van der Waals surface area contributed by atoms with Gasteiger partial charge in [-0.05, 0) is 25.5 Å². The van der Waals surface area contributed by atoms with Crippen LogP contribution < -0.4 is 4.74 Å². The Labute approximate surface area is 118 Å². The van der Waals surface area contributed by atoms with Crippen LogP contribution in [0.2, 0.25) is 0 Å². The van der Waals surface area contributed by atoms with E-state index in [9.17, 15) is 0 Å². The van der Waals surface area contributed by atoms with Gasteiger partial charge in [0.25, 0.3) is 0 Å². The van der Waals surface area contributed by atoms with Crippen molar-refractivity contribution in [2.45, 2.75) is 25.3 Å². The lowest BCUT2D eigenvalue weighted by Crippen LogP contribution is -2.10. The average molecular weight is 283 g/mol. The van der Waals surface area contributed by atoms with Gasteiger partial charge in [0.1, 0.15) is 11.6 Å². The van der Waals surface area contributed by atoms with Crippen LogP contribution in [0.25, 0.3) is 11.0 Å². The number of alkyl halides is 1. The van der Waals surface area contributed by atoms with E-state index in [1.165, 1.54) is 0 Å². The van der Waals surface area contributed by atoms with E-state index >= 15 is 0 Å². The van der Waals surface area contributed by atoms with Gasteiger partial charge in [-0.15, -0.1) is 11.6 Å². The summed E-state index contributed by atoms with van der Waals surface area (Å²) in [4.78, 5) is 4.58. The van der Waals surface area contributed by atoms with Crippen molar-refractivity contribution in [3.05, 3.63) is 24.0 Å². The summed E-state index contributed by atoms with van der Waals surface area (Å²) in [7, 11) is 3.37. The molecule has 0 N–H and O–H groups in total. The molecule has 0 aliphatic heterocycles. The standard InChI is InChI=1S/C14H19ClN2O2/c1-10(6-7-18-2)17-13-5-4-11(19-3)8-12(13)16-14(17)9-15/h4-5,8,10H,6-7,9H2,1-3H3. The number of ether oxygens (including phenoxy) is 2. The minimum Gasteiger partial charge on any atom is -0.497 e. The predicted molar refractivity (Wildman–Crippen MR) is 77.0 cm³/mol. The Kier molecular flexibility index (Phi) is 4.66. The van der Waals surface area contributed by atoms with Crippen molar-refractivity contribution in [3.8, 4) is 5.75 Å². The van der Waals surface area contributed by atoms with Crippen molar-refractivity contribution < 1.29 is 9.47 Å². The molecule has 1 unspecified atom stereocenters. The lowest BCUT2D eigenvalue weighted by molar-refractivity contribution is 0.181. The van der Waals surface area contributed by atoms with Gasteiger partial charge in [-0.25, -0.2) is 4.98 Å². The van der Waals surface area contributed by atoms with Crippen LogP contribution in [-0.2, 0) is 10.6 Å². The fourth-order valence-corrected chi connectivity index (χ4v) is 2.45. The first-order chi connectivity index (χ1) is 9.21. The van der Waals surface area contributed by atoms with E-state index in [0.717, 1.165) is 35.6 Å². The Morgan fingerprint density at radius 3 is 2.79 bits per heavy atom. The van der Waals surface area contributed by atoms with E-state index in [-0.39, 0.29) is 0 Å². The van der Waals surface area contributed by atoms with Crippen molar-refractivity contribution >= 4 is 22.6 Å². The van der Waals surface area contributed by atoms with Gasteiger partial charge in [-0.1, -0.05) is 0 Å². The summed E-state index contributed by atoms with van der Waals surface area (Å²) in [6.45, 7) is 2.87. The molecule has 0 saturated heterocycles. The number of methoxy groups -OCH3 is 2. The smallest absolute Gasteiger partial charge is 0.125 e. The fourth-order valence-electron chi connectivity index (χ4n) is 2.26. The van der Waals surface area contributed by atoms with Crippen LogP contribution in [0.3, 0.4) is 0 Å². The number of hydrogen-bond donors (Lipinski definition) is 0. The van der Waals surface area contributed by atoms with Crippen LogP contribution in [0.15, 0.2) is 18.2 Å². The number of imidazole rings is 1. The molecule has 1 atom stereocenters. The molecule has 0 spiro atoms.